The van der Waals surface area contributed by atoms with Gasteiger partial charge in [0.1, 0.15) is 0 Å². The Morgan fingerprint density at radius 1 is 1.03 bits per heavy atom. The highest BCUT2D eigenvalue weighted by molar-refractivity contribution is 7.98. The number of imidazole rings is 1. The average Bonchev–Trinajstić information content (AvgIpc) is 3.34. The number of hydrogen-bond acceptors (Lipinski definition) is 8. The molecule has 0 saturated carbocycles. The molecule has 2 heterocycles. The molecule has 0 aliphatic rings. The maximum atomic E-state index is 5.89. The van der Waals surface area contributed by atoms with Gasteiger partial charge in [-0.1, -0.05) is 25.1 Å². The summed E-state index contributed by atoms with van der Waals surface area (Å²) < 4.78 is 24.3. The first-order chi connectivity index (χ1) is 14.5. The first kappa shape index (κ1) is 22.0. The number of aryl methyl sites for hydroxylation is 1. The summed E-state index contributed by atoms with van der Waals surface area (Å²) in [5.41, 5.74) is 2.95. The van der Waals surface area contributed by atoms with Gasteiger partial charge < -0.3 is 23.2 Å². The van der Waals surface area contributed by atoms with Gasteiger partial charge in [0.05, 0.1) is 32.8 Å². The molecule has 30 heavy (non-hydrogen) atoms. The smallest absolute Gasteiger partial charge is 0.248 e. The number of benzene rings is 1. The first-order valence-corrected chi connectivity index (χ1v) is 10.8. The van der Waals surface area contributed by atoms with Gasteiger partial charge in [0.2, 0.25) is 17.5 Å². The van der Waals surface area contributed by atoms with Crippen LogP contribution in [0.15, 0.2) is 21.7 Å². The van der Waals surface area contributed by atoms with Crippen LogP contribution in [0, 0.1) is 13.8 Å². The molecule has 0 bridgehead atoms. The molecule has 0 aliphatic heterocycles. The van der Waals surface area contributed by atoms with E-state index in [0.29, 0.717) is 40.3 Å². The number of nitrogens with zero attached hydrogens (tertiary/aromatic N) is 4. The van der Waals surface area contributed by atoms with Crippen molar-refractivity contribution in [3.05, 3.63) is 29.4 Å². The summed E-state index contributed by atoms with van der Waals surface area (Å²) in [7, 11) is 4.71. The van der Waals surface area contributed by atoms with Crippen LogP contribution in [-0.4, -0.2) is 41.1 Å². The Morgan fingerprint density at radius 3 is 2.33 bits per heavy atom. The molecule has 3 rings (SSSR count). The standard InChI is InChI=1S/C21H28N4O4S/c1-7-8-9-25-14(3)13(2)22-21(25)30-12-18-23-24-20(29-18)15-10-16(26-4)19(28-6)17(11-15)27-5/h10-11H,7-9,12H2,1-6H3. The molecule has 162 valence electrons. The second-order valence-electron chi connectivity index (χ2n) is 6.77. The number of methoxy groups -OCH3 is 3. The highest BCUT2D eigenvalue weighted by Gasteiger charge is 2.18. The second-order valence-corrected chi connectivity index (χ2v) is 7.72. The van der Waals surface area contributed by atoms with Crippen LogP contribution in [-0.2, 0) is 12.3 Å². The summed E-state index contributed by atoms with van der Waals surface area (Å²) in [6.45, 7) is 7.30. The molecule has 0 unspecified atom stereocenters. The number of ether oxygens (including phenoxy) is 3. The lowest BCUT2D eigenvalue weighted by Gasteiger charge is -2.12. The summed E-state index contributed by atoms with van der Waals surface area (Å²) >= 11 is 1.60. The Balaban J connectivity index is 1.79. The van der Waals surface area contributed by atoms with Gasteiger partial charge >= 0.3 is 0 Å². The number of rotatable bonds is 10. The van der Waals surface area contributed by atoms with Crippen molar-refractivity contribution in [3.63, 3.8) is 0 Å². The van der Waals surface area contributed by atoms with E-state index in [-0.39, 0.29) is 0 Å². The van der Waals surface area contributed by atoms with E-state index in [1.807, 2.05) is 6.92 Å². The van der Waals surface area contributed by atoms with Crippen LogP contribution >= 0.6 is 11.8 Å². The molecule has 8 nitrogen and oxygen atoms in total. The molecule has 2 aromatic heterocycles. The molecule has 3 aromatic rings. The van der Waals surface area contributed by atoms with Gasteiger partial charge in [-0.25, -0.2) is 4.98 Å². The number of thioether (sulfide) groups is 1. The van der Waals surface area contributed by atoms with Crippen LogP contribution in [0.3, 0.4) is 0 Å². The summed E-state index contributed by atoms with van der Waals surface area (Å²) in [5.74, 6) is 3.05. The van der Waals surface area contributed by atoms with Gasteiger partial charge in [-0.3, -0.25) is 0 Å². The van der Waals surface area contributed by atoms with Crippen molar-refractivity contribution in [2.24, 2.45) is 0 Å². The van der Waals surface area contributed by atoms with Gasteiger partial charge in [-0.05, 0) is 32.4 Å². The molecule has 0 spiro atoms. The third-order valence-corrected chi connectivity index (χ3v) is 5.82. The molecule has 0 aliphatic carbocycles. The van der Waals surface area contributed by atoms with Crippen molar-refractivity contribution in [3.8, 4) is 28.7 Å². The van der Waals surface area contributed by atoms with Crippen LogP contribution in [0.4, 0.5) is 0 Å². The van der Waals surface area contributed by atoms with E-state index >= 15 is 0 Å². The van der Waals surface area contributed by atoms with Crippen molar-refractivity contribution in [2.45, 2.75) is 51.1 Å². The lowest BCUT2D eigenvalue weighted by Crippen LogP contribution is -2.02. The highest BCUT2D eigenvalue weighted by Crippen LogP contribution is 2.41. The summed E-state index contributed by atoms with van der Waals surface area (Å²) in [6.07, 6.45) is 2.26. The summed E-state index contributed by atoms with van der Waals surface area (Å²) in [5, 5.41) is 9.36. The van der Waals surface area contributed by atoms with Crippen molar-refractivity contribution in [2.75, 3.05) is 21.3 Å². The Labute approximate surface area is 180 Å². The first-order valence-electron chi connectivity index (χ1n) is 9.81. The molecular weight excluding hydrogens is 404 g/mol. The quantitative estimate of drug-likeness (QED) is 0.427. The fraction of sp³-hybridized carbons (Fsp3) is 0.476. The number of aromatic nitrogens is 4. The van der Waals surface area contributed by atoms with Crippen molar-refractivity contribution < 1.29 is 18.6 Å². The minimum atomic E-state index is 0.395. The predicted octanol–water partition coefficient (Wildman–Crippen LogP) is 4.67. The SMILES string of the molecule is CCCCn1c(SCc2nnc(-c3cc(OC)c(OC)c(OC)c3)o2)nc(C)c1C. The highest BCUT2D eigenvalue weighted by atomic mass is 32.2. The zero-order valence-electron chi connectivity index (χ0n) is 18.3. The molecular formula is C21H28N4O4S. The Hall–Kier alpha value is -2.68. The second kappa shape index (κ2) is 9.88. The van der Waals surface area contributed by atoms with Gasteiger partial charge in [0.15, 0.2) is 16.7 Å². The molecule has 9 heteroatoms. The van der Waals surface area contributed by atoms with Crippen molar-refractivity contribution in [1.82, 2.24) is 19.7 Å². The molecule has 0 radical (unpaired) electrons. The Morgan fingerprint density at radius 2 is 1.73 bits per heavy atom. The van der Waals surface area contributed by atoms with Crippen molar-refractivity contribution in [1.29, 1.82) is 0 Å². The number of unbranched alkanes of at least 4 members (excludes halogenated alkanes) is 1. The topological polar surface area (TPSA) is 84.4 Å². The van der Waals surface area contributed by atoms with E-state index < -0.39 is 0 Å². The van der Waals surface area contributed by atoms with Gasteiger partial charge in [-0.15, -0.1) is 10.2 Å². The van der Waals surface area contributed by atoms with E-state index in [4.69, 9.17) is 23.6 Å². The predicted molar refractivity (Wildman–Crippen MR) is 116 cm³/mol. The monoisotopic (exact) mass is 432 g/mol. The summed E-state index contributed by atoms with van der Waals surface area (Å²) in [4.78, 5) is 4.70. The van der Waals surface area contributed by atoms with Crippen LogP contribution in [0.2, 0.25) is 0 Å². The van der Waals surface area contributed by atoms with Gasteiger partial charge in [0.25, 0.3) is 0 Å². The third kappa shape index (κ3) is 4.56. The summed E-state index contributed by atoms with van der Waals surface area (Å²) in [6, 6.07) is 3.58. The molecule has 0 atom stereocenters. The normalized spacial score (nSPS) is 11.0. The molecule has 1 aromatic carbocycles. The Bertz CT molecular complexity index is 974. The zero-order valence-corrected chi connectivity index (χ0v) is 19.1. The van der Waals surface area contributed by atoms with Gasteiger partial charge in [-0.2, -0.15) is 0 Å². The van der Waals surface area contributed by atoms with E-state index in [1.54, 1.807) is 45.2 Å². The van der Waals surface area contributed by atoms with Crippen LogP contribution in [0.5, 0.6) is 17.2 Å². The van der Waals surface area contributed by atoms with E-state index in [9.17, 15) is 0 Å². The fourth-order valence-electron chi connectivity index (χ4n) is 3.07. The fourth-order valence-corrected chi connectivity index (χ4v) is 4.03. The Kier molecular flexibility index (Phi) is 7.25. The third-order valence-electron chi connectivity index (χ3n) is 4.86. The minimum Gasteiger partial charge on any atom is -0.493 e. The lowest BCUT2D eigenvalue weighted by molar-refractivity contribution is 0.324. The van der Waals surface area contributed by atoms with Crippen molar-refractivity contribution >= 4 is 11.8 Å². The van der Waals surface area contributed by atoms with E-state index in [1.165, 1.54) is 5.69 Å². The average molecular weight is 433 g/mol. The molecule has 0 saturated heterocycles. The molecule has 0 amide bonds. The maximum absolute atomic E-state index is 5.89. The molecule has 0 N–H and O–H groups in total. The van der Waals surface area contributed by atoms with E-state index in [0.717, 1.165) is 30.2 Å². The maximum Gasteiger partial charge on any atom is 0.248 e. The van der Waals surface area contributed by atoms with Gasteiger partial charge in [0, 0.05) is 17.8 Å². The van der Waals surface area contributed by atoms with Crippen LogP contribution in [0.25, 0.3) is 11.5 Å². The minimum absolute atomic E-state index is 0.395. The molecule has 0 fully saturated rings. The van der Waals surface area contributed by atoms with Crippen LogP contribution < -0.4 is 14.2 Å². The van der Waals surface area contributed by atoms with E-state index in [2.05, 4.69) is 28.6 Å². The lowest BCUT2D eigenvalue weighted by atomic mass is 10.2. The zero-order chi connectivity index (χ0) is 21.7. The number of hydrogen-bond donors (Lipinski definition) is 0. The largest absolute Gasteiger partial charge is 0.493 e. The van der Waals surface area contributed by atoms with Crippen LogP contribution in [0.1, 0.15) is 37.0 Å².